The molecule has 2 rings (SSSR count). The molecule has 0 aromatic heterocycles. The molecule has 0 heterocycles. The van der Waals surface area contributed by atoms with E-state index < -0.39 is 0 Å². The highest BCUT2D eigenvalue weighted by Gasteiger charge is 2.47. The highest BCUT2D eigenvalue weighted by molar-refractivity contribution is 6.13. The molecular formula is C12H22O2Si. The van der Waals surface area contributed by atoms with Gasteiger partial charge in [-0.1, -0.05) is 12.2 Å². The Hall–Kier alpha value is -0.123. The van der Waals surface area contributed by atoms with Gasteiger partial charge >= 0.3 is 0 Å². The van der Waals surface area contributed by atoms with Crippen molar-refractivity contribution in [1.29, 1.82) is 0 Å². The van der Waals surface area contributed by atoms with E-state index >= 15 is 0 Å². The summed E-state index contributed by atoms with van der Waals surface area (Å²) >= 11 is 0. The van der Waals surface area contributed by atoms with Gasteiger partial charge in [-0.3, -0.25) is 0 Å². The third-order valence-corrected chi connectivity index (χ3v) is 5.13. The van der Waals surface area contributed by atoms with Gasteiger partial charge in [0.15, 0.2) is 0 Å². The minimum Gasteiger partial charge on any atom is -0.355 e. The Morgan fingerprint density at radius 3 is 2.27 bits per heavy atom. The van der Waals surface area contributed by atoms with Gasteiger partial charge in [0.05, 0.1) is 10.2 Å². The van der Waals surface area contributed by atoms with Gasteiger partial charge in [0.25, 0.3) is 0 Å². The summed E-state index contributed by atoms with van der Waals surface area (Å²) in [6.45, 7) is 5.66. The van der Waals surface area contributed by atoms with E-state index in [1.54, 1.807) is 0 Å². The first kappa shape index (κ1) is 11.4. The number of fused-ring (bicyclic) bond motifs is 2. The van der Waals surface area contributed by atoms with Crippen LogP contribution in [-0.4, -0.2) is 28.9 Å². The number of allylic oxidation sites excluding steroid dienone is 2. The van der Waals surface area contributed by atoms with E-state index in [0.29, 0.717) is 11.8 Å². The molecule has 0 aromatic rings. The summed E-state index contributed by atoms with van der Waals surface area (Å²) < 4.78 is 11.8. The lowest BCUT2D eigenvalue weighted by atomic mass is 9.92. The molecule has 1 fully saturated rings. The summed E-state index contributed by atoms with van der Waals surface area (Å²) in [5.74, 6) is 2.12. The Morgan fingerprint density at radius 1 is 1.20 bits per heavy atom. The Kier molecular flexibility index (Phi) is 3.33. The largest absolute Gasteiger partial charge is 0.355 e. The lowest BCUT2D eigenvalue weighted by molar-refractivity contribution is -0.208. The molecule has 3 heteroatoms. The summed E-state index contributed by atoms with van der Waals surface area (Å²) in [7, 11) is 0.965. The number of ether oxygens (including phenoxy) is 2. The predicted molar refractivity (Wildman–Crippen MR) is 64.8 cm³/mol. The van der Waals surface area contributed by atoms with E-state index in [9.17, 15) is 0 Å². The molecule has 0 saturated heterocycles. The minimum absolute atomic E-state index is 0.228. The average molecular weight is 226 g/mol. The van der Waals surface area contributed by atoms with Crippen molar-refractivity contribution < 1.29 is 9.47 Å². The molecule has 1 saturated carbocycles. The van der Waals surface area contributed by atoms with Gasteiger partial charge in [-0.2, -0.15) is 0 Å². The first-order valence-corrected chi connectivity index (χ1v) is 7.15. The Labute approximate surface area is 95.5 Å². The molecule has 0 aromatic carbocycles. The lowest BCUT2D eigenvalue weighted by Gasteiger charge is -2.38. The maximum Gasteiger partial charge on any atom is 0.144 e. The second kappa shape index (κ2) is 4.40. The van der Waals surface area contributed by atoms with E-state index in [0.717, 1.165) is 29.4 Å². The molecule has 2 bridgehead atoms. The van der Waals surface area contributed by atoms with Crippen molar-refractivity contribution in [3.63, 3.8) is 0 Å². The number of hydrogen-bond acceptors (Lipinski definition) is 2. The monoisotopic (exact) mass is 226 g/mol. The van der Waals surface area contributed by atoms with Crippen molar-refractivity contribution in [2.24, 2.45) is 17.8 Å². The Bertz CT molecular complexity index is 246. The van der Waals surface area contributed by atoms with E-state index in [2.05, 4.69) is 26.0 Å². The van der Waals surface area contributed by atoms with Crippen LogP contribution in [0.3, 0.4) is 0 Å². The topological polar surface area (TPSA) is 18.5 Å². The normalized spacial score (nSPS) is 34.1. The summed E-state index contributed by atoms with van der Waals surface area (Å²) in [6.07, 6.45) is 7.35. The van der Waals surface area contributed by atoms with Crippen LogP contribution in [0.4, 0.5) is 0 Å². The maximum atomic E-state index is 5.91. The van der Waals surface area contributed by atoms with Crippen molar-refractivity contribution in [2.45, 2.75) is 32.1 Å². The number of rotatable bonds is 5. The minimum atomic E-state index is -0.228. The predicted octanol–water partition coefficient (Wildman–Crippen LogP) is 1.29. The van der Waals surface area contributed by atoms with Crippen molar-refractivity contribution in [1.82, 2.24) is 0 Å². The van der Waals surface area contributed by atoms with Gasteiger partial charge in [-0.05, 0) is 38.5 Å². The van der Waals surface area contributed by atoms with Crippen LogP contribution in [0.25, 0.3) is 0 Å². The second-order valence-electron chi connectivity index (χ2n) is 4.77. The van der Waals surface area contributed by atoms with Crippen LogP contribution < -0.4 is 0 Å². The number of hydrogen-bond donors (Lipinski definition) is 0. The van der Waals surface area contributed by atoms with Crippen LogP contribution in [0.5, 0.6) is 0 Å². The molecule has 0 spiro atoms. The third kappa shape index (κ3) is 2.05. The summed E-state index contributed by atoms with van der Waals surface area (Å²) in [6, 6.07) is 0. The molecule has 2 aliphatic carbocycles. The van der Waals surface area contributed by atoms with Crippen LogP contribution in [0.2, 0.25) is 0 Å². The zero-order valence-corrected chi connectivity index (χ0v) is 12.0. The Balaban J connectivity index is 2.08. The van der Waals surface area contributed by atoms with Gasteiger partial charge < -0.3 is 9.47 Å². The molecule has 0 N–H and O–H groups in total. The molecule has 0 amide bonds. The summed E-state index contributed by atoms with van der Waals surface area (Å²) in [4.78, 5) is 0. The fraction of sp³-hybridized carbons (Fsp3) is 0.833. The van der Waals surface area contributed by atoms with E-state index in [1.165, 1.54) is 12.8 Å². The zero-order chi connectivity index (χ0) is 10.9. The van der Waals surface area contributed by atoms with E-state index in [1.807, 2.05) is 0 Å². The molecule has 3 unspecified atom stereocenters. The molecule has 2 nitrogen and oxygen atoms in total. The van der Waals surface area contributed by atoms with Gasteiger partial charge in [-0.25, -0.2) is 0 Å². The van der Waals surface area contributed by atoms with Crippen molar-refractivity contribution in [3.05, 3.63) is 12.2 Å². The standard InChI is InChI=1S/C12H22O2Si/c1-3-13-12(15,14-4-2)11-8-9-5-6-10(11)7-9/h5-6,9-11H,3-4,7-8H2,1-2,15H3. The zero-order valence-electron chi connectivity index (χ0n) is 10.0. The second-order valence-corrected chi connectivity index (χ2v) is 6.16. The first-order chi connectivity index (χ1) is 7.19. The fourth-order valence-electron chi connectivity index (χ4n) is 3.21. The molecule has 2 aliphatic rings. The average Bonchev–Trinajstić information content (AvgIpc) is 2.79. The van der Waals surface area contributed by atoms with E-state index in [-0.39, 0.29) is 5.41 Å². The summed E-state index contributed by atoms with van der Waals surface area (Å²) in [5.41, 5.74) is -0.228. The molecule has 15 heavy (non-hydrogen) atoms. The fourth-order valence-corrected chi connectivity index (χ4v) is 4.45. The van der Waals surface area contributed by atoms with Crippen LogP contribution in [-0.2, 0) is 9.47 Å². The van der Waals surface area contributed by atoms with E-state index in [4.69, 9.17) is 9.47 Å². The van der Waals surface area contributed by atoms with Gasteiger partial charge in [0.1, 0.15) is 5.41 Å². The molecule has 86 valence electrons. The lowest BCUT2D eigenvalue weighted by Crippen LogP contribution is -2.46. The highest BCUT2D eigenvalue weighted by atomic mass is 28.1. The first-order valence-electron chi connectivity index (χ1n) is 6.15. The van der Waals surface area contributed by atoms with Crippen molar-refractivity contribution in [3.8, 4) is 0 Å². The molecule has 3 atom stereocenters. The highest BCUT2D eigenvalue weighted by Crippen LogP contribution is 2.48. The molecule has 0 aliphatic heterocycles. The van der Waals surface area contributed by atoms with Crippen LogP contribution in [0.15, 0.2) is 12.2 Å². The van der Waals surface area contributed by atoms with Gasteiger partial charge in [0, 0.05) is 19.1 Å². The summed E-state index contributed by atoms with van der Waals surface area (Å²) in [5, 5.41) is 0. The maximum absolute atomic E-state index is 5.91. The van der Waals surface area contributed by atoms with Crippen molar-refractivity contribution >= 4 is 10.2 Å². The van der Waals surface area contributed by atoms with Crippen LogP contribution in [0.1, 0.15) is 26.7 Å². The molecular weight excluding hydrogens is 204 g/mol. The van der Waals surface area contributed by atoms with Gasteiger partial charge in [-0.15, -0.1) is 0 Å². The third-order valence-electron chi connectivity index (χ3n) is 3.81. The molecule has 0 radical (unpaired) electrons. The van der Waals surface area contributed by atoms with Crippen molar-refractivity contribution in [2.75, 3.05) is 13.2 Å². The quantitative estimate of drug-likeness (QED) is 0.399. The Morgan fingerprint density at radius 2 is 1.87 bits per heavy atom. The van der Waals surface area contributed by atoms with Crippen LogP contribution >= 0.6 is 0 Å². The van der Waals surface area contributed by atoms with Crippen LogP contribution in [0, 0.1) is 17.8 Å². The smallest absolute Gasteiger partial charge is 0.144 e. The SMILES string of the molecule is CCOC([SiH3])(OCC)C1CC2C=CC1C2. The van der Waals surface area contributed by atoms with Gasteiger partial charge in [0.2, 0.25) is 0 Å².